The van der Waals surface area contributed by atoms with Crippen molar-refractivity contribution in [3.63, 3.8) is 0 Å². The highest BCUT2D eigenvalue weighted by molar-refractivity contribution is 6.31. The molecule has 0 amide bonds. The molecule has 0 aliphatic carbocycles. The Morgan fingerprint density at radius 2 is 2.00 bits per heavy atom. The third-order valence-corrected chi connectivity index (χ3v) is 1.76. The van der Waals surface area contributed by atoms with E-state index >= 15 is 0 Å². The van der Waals surface area contributed by atoms with Gasteiger partial charge in [-0.15, -0.1) is 11.6 Å². The predicted octanol–water partition coefficient (Wildman–Crippen LogP) is 2.23. The Hall–Kier alpha value is -0.0400. The molecule has 0 aromatic carbocycles. The lowest BCUT2D eigenvalue weighted by Crippen LogP contribution is -2.18. The number of hydrogen-bond acceptors (Lipinski definition) is 1. The Bertz CT molecular complexity index is 99.1. The van der Waals surface area contributed by atoms with Crippen molar-refractivity contribution >= 4 is 17.4 Å². The third-order valence-electron chi connectivity index (χ3n) is 1.24. The van der Waals surface area contributed by atoms with Crippen LogP contribution < -0.4 is 0 Å². The Kier molecular flexibility index (Phi) is 3.87. The minimum absolute atomic E-state index is 0.0763. The van der Waals surface area contributed by atoms with E-state index in [1.165, 1.54) is 0 Å². The molecule has 0 fully saturated rings. The van der Waals surface area contributed by atoms with E-state index in [2.05, 4.69) is 0 Å². The van der Waals surface area contributed by atoms with Crippen LogP contribution in [0, 0.1) is 5.92 Å². The van der Waals surface area contributed by atoms with Crippen LogP contribution in [0.2, 0.25) is 0 Å². The quantitative estimate of drug-likeness (QED) is 0.561. The first-order valence-electron chi connectivity index (χ1n) is 3.27. The first kappa shape index (κ1) is 8.96. The second-order valence-electron chi connectivity index (χ2n) is 2.43. The summed E-state index contributed by atoms with van der Waals surface area (Å²) in [5.74, 6) is 0.228. The lowest BCUT2D eigenvalue weighted by atomic mass is 10.1. The zero-order valence-electron chi connectivity index (χ0n) is 6.15. The van der Waals surface area contributed by atoms with Crippen molar-refractivity contribution in [2.24, 2.45) is 5.92 Å². The fourth-order valence-electron chi connectivity index (χ4n) is 0.563. The van der Waals surface area contributed by atoms with Gasteiger partial charge in [0.05, 0.1) is 5.38 Å². The number of rotatable bonds is 3. The lowest BCUT2D eigenvalue weighted by molar-refractivity contribution is -0.121. The van der Waals surface area contributed by atoms with E-state index in [0.717, 1.165) is 6.42 Å². The standard InChI is InChI=1S/C7H13ClO/c1-4-6(8)7(9)5(2)3/h5-6H,4H2,1-3H3. The third kappa shape index (κ3) is 2.85. The van der Waals surface area contributed by atoms with Gasteiger partial charge < -0.3 is 0 Å². The average Bonchev–Trinajstić information content (AvgIpc) is 1.84. The van der Waals surface area contributed by atoms with Gasteiger partial charge in [-0.05, 0) is 6.42 Å². The number of hydrogen-bond donors (Lipinski definition) is 0. The average molecular weight is 149 g/mol. The SMILES string of the molecule is CCC(Cl)C(=O)C(C)C. The maximum Gasteiger partial charge on any atom is 0.153 e. The van der Waals surface area contributed by atoms with Crippen LogP contribution in [0.3, 0.4) is 0 Å². The number of carbonyl (C=O) groups is 1. The van der Waals surface area contributed by atoms with Crippen molar-refractivity contribution in [1.82, 2.24) is 0 Å². The predicted molar refractivity (Wildman–Crippen MR) is 39.8 cm³/mol. The molecule has 0 aromatic heterocycles. The van der Waals surface area contributed by atoms with Gasteiger partial charge in [-0.25, -0.2) is 0 Å². The highest BCUT2D eigenvalue weighted by Crippen LogP contribution is 2.08. The molecular weight excluding hydrogens is 136 g/mol. The molecule has 0 N–H and O–H groups in total. The minimum Gasteiger partial charge on any atom is -0.298 e. The minimum atomic E-state index is -0.273. The summed E-state index contributed by atoms with van der Waals surface area (Å²) in [6, 6.07) is 0. The van der Waals surface area contributed by atoms with Crippen molar-refractivity contribution in [3.05, 3.63) is 0 Å². The van der Waals surface area contributed by atoms with Gasteiger partial charge >= 0.3 is 0 Å². The molecule has 0 heterocycles. The number of alkyl halides is 1. The van der Waals surface area contributed by atoms with Crippen molar-refractivity contribution in [2.75, 3.05) is 0 Å². The Morgan fingerprint density at radius 3 is 2.11 bits per heavy atom. The second-order valence-corrected chi connectivity index (χ2v) is 2.96. The van der Waals surface area contributed by atoms with Gasteiger partial charge in [0.15, 0.2) is 5.78 Å². The normalized spacial score (nSPS) is 13.9. The van der Waals surface area contributed by atoms with E-state index in [4.69, 9.17) is 11.6 Å². The van der Waals surface area contributed by atoms with Gasteiger partial charge in [0.2, 0.25) is 0 Å². The maximum absolute atomic E-state index is 10.9. The topological polar surface area (TPSA) is 17.1 Å². The summed E-state index contributed by atoms with van der Waals surface area (Å²) in [6.45, 7) is 5.65. The van der Waals surface area contributed by atoms with Crippen LogP contribution in [0.15, 0.2) is 0 Å². The molecule has 0 spiro atoms. The molecule has 0 rings (SSSR count). The zero-order valence-corrected chi connectivity index (χ0v) is 6.90. The van der Waals surface area contributed by atoms with Crippen LogP contribution in [0.5, 0.6) is 0 Å². The molecule has 9 heavy (non-hydrogen) atoms. The van der Waals surface area contributed by atoms with Crippen molar-refractivity contribution in [1.29, 1.82) is 0 Å². The van der Waals surface area contributed by atoms with Gasteiger partial charge in [0.25, 0.3) is 0 Å². The number of carbonyl (C=O) groups excluding carboxylic acids is 1. The molecule has 0 aromatic rings. The van der Waals surface area contributed by atoms with Crippen LogP contribution in [-0.2, 0) is 4.79 Å². The van der Waals surface area contributed by atoms with E-state index < -0.39 is 0 Å². The van der Waals surface area contributed by atoms with E-state index in [0.29, 0.717) is 0 Å². The Balaban J connectivity index is 3.73. The van der Waals surface area contributed by atoms with E-state index in [1.807, 2.05) is 20.8 Å². The first-order chi connectivity index (χ1) is 4.09. The summed E-state index contributed by atoms with van der Waals surface area (Å²) in [7, 11) is 0. The van der Waals surface area contributed by atoms with Gasteiger partial charge in [-0.1, -0.05) is 20.8 Å². The van der Waals surface area contributed by atoms with Gasteiger partial charge in [0.1, 0.15) is 0 Å². The highest BCUT2D eigenvalue weighted by Gasteiger charge is 2.15. The first-order valence-corrected chi connectivity index (χ1v) is 3.71. The molecule has 0 aliphatic heterocycles. The lowest BCUT2D eigenvalue weighted by Gasteiger charge is -2.06. The van der Waals surface area contributed by atoms with Crippen LogP contribution in [-0.4, -0.2) is 11.2 Å². The summed E-state index contributed by atoms with van der Waals surface area (Å²) in [6.07, 6.45) is 0.735. The molecule has 54 valence electrons. The number of ketones is 1. The van der Waals surface area contributed by atoms with Crippen LogP contribution in [0.1, 0.15) is 27.2 Å². The molecule has 1 unspecified atom stereocenters. The molecule has 0 aliphatic rings. The summed E-state index contributed by atoms with van der Waals surface area (Å²) in [5.41, 5.74) is 0. The second kappa shape index (κ2) is 3.89. The van der Waals surface area contributed by atoms with Crippen molar-refractivity contribution in [2.45, 2.75) is 32.6 Å². The van der Waals surface area contributed by atoms with Crippen molar-refractivity contribution in [3.8, 4) is 0 Å². The van der Waals surface area contributed by atoms with Gasteiger partial charge in [-0.3, -0.25) is 4.79 Å². The molecule has 0 radical (unpaired) electrons. The molecule has 2 heteroatoms. The Labute approximate surface area is 61.4 Å². The largest absolute Gasteiger partial charge is 0.298 e. The smallest absolute Gasteiger partial charge is 0.153 e. The van der Waals surface area contributed by atoms with E-state index in [-0.39, 0.29) is 17.1 Å². The van der Waals surface area contributed by atoms with E-state index in [9.17, 15) is 4.79 Å². The van der Waals surface area contributed by atoms with Gasteiger partial charge in [-0.2, -0.15) is 0 Å². The number of halogens is 1. The number of Topliss-reactive ketones (excluding diaryl/α,β-unsaturated/α-hetero) is 1. The fraction of sp³-hybridized carbons (Fsp3) is 0.857. The molecule has 1 nitrogen and oxygen atoms in total. The van der Waals surface area contributed by atoms with Crippen LogP contribution in [0.25, 0.3) is 0 Å². The van der Waals surface area contributed by atoms with Gasteiger partial charge in [0, 0.05) is 5.92 Å². The summed E-state index contributed by atoms with van der Waals surface area (Å²) in [4.78, 5) is 10.9. The molecule has 0 saturated heterocycles. The Morgan fingerprint density at radius 1 is 1.56 bits per heavy atom. The maximum atomic E-state index is 10.9. The zero-order chi connectivity index (χ0) is 7.44. The molecular formula is C7H13ClO. The summed E-state index contributed by atoms with van der Waals surface area (Å²) >= 11 is 5.66. The van der Waals surface area contributed by atoms with Crippen LogP contribution in [0.4, 0.5) is 0 Å². The van der Waals surface area contributed by atoms with Crippen molar-refractivity contribution < 1.29 is 4.79 Å². The monoisotopic (exact) mass is 148 g/mol. The summed E-state index contributed by atoms with van der Waals surface area (Å²) < 4.78 is 0. The van der Waals surface area contributed by atoms with Crippen LogP contribution >= 0.6 is 11.6 Å². The molecule has 0 saturated carbocycles. The molecule has 0 bridgehead atoms. The highest BCUT2D eigenvalue weighted by atomic mass is 35.5. The summed E-state index contributed by atoms with van der Waals surface area (Å²) in [5, 5.41) is -0.273. The fourth-order valence-corrected chi connectivity index (χ4v) is 0.815. The molecule has 1 atom stereocenters. The van der Waals surface area contributed by atoms with E-state index in [1.54, 1.807) is 0 Å².